The number of rotatable bonds is 9. The van der Waals surface area contributed by atoms with Crippen molar-refractivity contribution in [1.82, 2.24) is 0 Å². The zero-order valence-corrected chi connectivity index (χ0v) is 17.7. The van der Waals surface area contributed by atoms with Gasteiger partial charge in [0.1, 0.15) is 5.92 Å². The van der Waals surface area contributed by atoms with Crippen LogP contribution in [0, 0.1) is 0 Å². The zero-order valence-electron chi connectivity index (χ0n) is 17.7. The van der Waals surface area contributed by atoms with Crippen LogP contribution in [0.2, 0.25) is 0 Å². The van der Waals surface area contributed by atoms with Crippen molar-refractivity contribution >= 4 is 11.8 Å². The third-order valence-electron chi connectivity index (χ3n) is 4.83. The van der Waals surface area contributed by atoms with Crippen molar-refractivity contribution in [3.63, 3.8) is 0 Å². The molecule has 0 fully saturated rings. The highest BCUT2D eigenvalue weighted by Gasteiger charge is 2.25. The van der Waals surface area contributed by atoms with Crippen molar-refractivity contribution in [2.75, 3.05) is 27.9 Å². The first-order valence-electron chi connectivity index (χ1n) is 9.68. The van der Waals surface area contributed by atoms with Gasteiger partial charge in [-0.25, -0.2) is 0 Å². The van der Waals surface area contributed by atoms with E-state index in [2.05, 4.69) is 0 Å². The molecule has 3 aromatic rings. The molecule has 0 aliphatic rings. The highest BCUT2D eigenvalue weighted by Crippen LogP contribution is 2.38. The number of hydrogen-bond donors (Lipinski definition) is 0. The monoisotopic (exact) mass is 420 g/mol. The van der Waals surface area contributed by atoms with Gasteiger partial charge >= 0.3 is 5.97 Å². The standard InChI is InChI=1S/C25H24O6/c1-28-21-14-19(15-22(29-2)24(21)30-3)20(26)16-31-25(27)23(17-10-6-4-7-11-17)18-12-8-5-9-13-18/h4-15,23H,16H2,1-3H3. The molecule has 0 spiro atoms. The third kappa shape index (κ3) is 5.04. The number of carbonyl (C=O) groups excluding carboxylic acids is 2. The van der Waals surface area contributed by atoms with Crippen molar-refractivity contribution in [1.29, 1.82) is 0 Å². The lowest BCUT2D eigenvalue weighted by atomic mass is 9.91. The van der Waals surface area contributed by atoms with Gasteiger partial charge in [-0.15, -0.1) is 0 Å². The zero-order chi connectivity index (χ0) is 22.2. The Morgan fingerprint density at radius 2 is 1.23 bits per heavy atom. The number of methoxy groups -OCH3 is 3. The van der Waals surface area contributed by atoms with Crippen molar-refractivity contribution in [3.05, 3.63) is 89.5 Å². The largest absolute Gasteiger partial charge is 0.493 e. The first-order chi connectivity index (χ1) is 15.1. The van der Waals surface area contributed by atoms with E-state index in [-0.39, 0.29) is 5.78 Å². The maximum atomic E-state index is 13.0. The molecule has 0 unspecified atom stereocenters. The Morgan fingerprint density at radius 1 is 0.742 bits per heavy atom. The fourth-order valence-corrected chi connectivity index (χ4v) is 3.30. The molecule has 0 saturated carbocycles. The van der Waals surface area contributed by atoms with Gasteiger partial charge in [-0.3, -0.25) is 9.59 Å². The van der Waals surface area contributed by atoms with Crippen LogP contribution in [0.15, 0.2) is 72.8 Å². The maximum Gasteiger partial charge on any atom is 0.318 e. The summed E-state index contributed by atoms with van der Waals surface area (Å²) in [6.45, 7) is -0.409. The van der Waals surface area contributed by atoms with E-state index in [0.29, 0.717) is 22.8 Å². The molecule has 6 heteroatoms. The minimum atomic E-state index is -0.630. The van der Waals surface area contributed by atoms with Gasteiger partial charge in [0, 0.05) is 5.56 Å². The Hall–Kier alpha value is -3.80. The van der Waals surface area contributed by atoms with Gasteiger partial charge < -0.3 is 18.9 Å². The van der Waals surface area contributed by atoms with E-state index in [1.165, 1.54) is 33.5 Å². The molecule has 6 nitrogen and oxygen atoms in total. The van der Waals surface area contributed by atoms with E-state index in [4.69, 9.17) is 18.9 Å². The molecule has 31 heavy (non-hydrogen) atoms. The Morgan fingerprint density at radius 3 is 1.65 bits per heavy atom. The first-order valence-corrected chi connectivity index (χ1v) is 9.68. The summed E-state index contributed by atoms with van der Waals surface area (Å²) < 4.78 is 21.3. The Balaban J connectivity index is 1.81. The molecule has 0 bridgehead atoms. The summed E-state index contributed by atoms with van der Waals surface area (Å²) in [5, 5.41) is 0. The number of carbonyl (C=O) groups is 2. The highest BCUT2D eigenvalue weighted by molar-refractivity contribution is 5.99. The number of benzene rings is 3. The van der Waals surface area contributed by atoms with Crippen LogP contribution in [0.5, 0.6) is 17.2 Å². The minimum Gasteiger partial charge on any atom is -0.493 e. The number of hydrogen-bond acceptors (Lipinski definition) is 6. The smallest absolute Gasteiger partial charge is 0.318 e. The normalized spacial score (nSPS) is 10.5. The highest BCUT2D eigenvalue weighted by atomic mass is 16.5. The second-order valence-electron chi connectivity index (χ2n) is 6.70. The van der Waals surface area contributed by atoms with Gasteiger partial charge in [0.15, 0.2) is 18.1 Å². The van der Waals surface area contributed by atoms with Gasteiger partial charge in [0.05, 0.1) is 21.3 Å². The van der Waals surface area contributed by atoms with Crippen LogP contribution in [-0.2, 0) is 9.53 Å². The lowest BCUT2D eigenvalue weighted by molar-refractivity contribution is -0.143. The van der Waals surface area contributed by atoms with Crippen LogP contribution >= 0.6 is 0 Å². The first kappa shape index (κ1) is 21.9. The van der Waals surface area contributed by atoms with Crippen molar-refractivity contribution in [2.24, 2.45) is 0 Å². The lowest BCUT2D eigenvalue weighted by Crippen LogP contribution is -2.21. The molecule has 0 aliphatic carbocycles. The molecule has 0 amide bonds. The molecule has 0 saturated heterocycles. The van der Waals surface area contributed by atoms with Crippen LogP contribution in [0.1, 0.15) is 27.4 Å². The summed E-state index contributed by atoms with van der Waals surface area (Å²) in [5.74, 6) is -0.432. The topological polar surface area (TPSA) is 71.1 Å². The summed E-state index contributed by atoms with van der Waals surface area (Å²) in [4.78, 5) is 25.7. The van der Waals surface area contributed by atoms with Crippen LogP contribution in [-0.4, -0.2) is 39.7 Å². The molecule has 0 heterocycles. The minimum absolute atomic E-state index is 0.290. The summed E-state index contributed by atoms with van der Waals surface area (Å²) in [6, 6.07) is 21.7. The lowest BCUT2D eigenvalue weighted by Gasteiger charge is -2.17. The summed E-state index contributed by atoms with van der Waals surface area (Å²) >= 11 is 0. The molecule has 0 radical (unpaired) electrons. The molecule has 3 aromatic carbocycles. The molecular formula is C25H24O6. The van der Waals surface area contributed by atoms with Gasteiger partial charge in [0.2, 0.25) is 11.5 Å². The molecule has 0 N–H and O–H groups in total. The predicted molar refractivity (Wildman–Crippen MR) is 116 cm³/mol. The summed E-state index contributed by atoms with van der Waals surface area (Å²) in [7, 11) is 4.42. The van der Waals surface area contributed by atoms with Gasteiger partial charge in [0.25, 0.3) is 0 Å². The van der Waals surface area contributed by atoms with Crippen molar-refractivity contribution in [3.8, 4) is 17.2 Å². The van der Waals surface area contributed by atoms with Crippen molar-refractivity contribution in [2.45, 2.75) is 5.92 Å². The van der Waals surface area contributed by atoms with E-state index < -0.39 is 18.5 Å². The number of Topliss-reactive ketones (excluding diaryl/α,β-unsaturated/α-hetero) is 1. The molecule has 0 aromatic heterocycles. The number of esters is 1. The maximum absolute atomic E-state index is 13.0. The second kappa shape index (κ2) is 10.3. The third-order valence-corrected chi connectivity index (χ3v) is 4.83. The molecule has 160 valence electrons. The molecule has 3 rings (SSSR count). The van der Waals surface area contributed by atoms with Crippen LogP contribution in [0.25, 0.3) is 0 Å². The van der Waals surface area contributed by atoms with Crippen molar-refractivity contribution < 1.29 is 28.5 Å². The molecule has 0 atom stereocenters. The predicted octanol–water partition coefficient (Wildman–Crippen LogP) is 4.27. The molecule has 0 aliphatic heterocycles. The van der Waals surface area contributed by atoms with E-state index >= 15 is 0 Å². The molecular weight excluding hydrogens is 396 g/mol. The van der Waals surface area contributed by atoms with Crippen LogP contribution < -0.4 is 14.2 Å². The summed E-state index contributed by atoms with van der Waals surface area (Å²) in [6.07, 6.45) is 0. The van der Waals surface area contributed by atoms with Crippen LogP contribution in [0.3, 0.4) is 0 Å². The summed E-state index contributed by atoms with van der Waals surface area (Å²) in [5.41, 5.74) is 1.87. The second-order valence-corrected chi connectivity index (χ2v) is 6.70. The van der Waals surface area contributed by atoms with Crippen LogP contribution in [0.4, 0.5) is 0 Å². The van der Waals surface area contributed by atoms with Gasteiger partial charge in [-0.05, 0) is 23.3 Å². The van der Waals surface area contributed by atoms with E-state index in [0.717, 1.165) is 11.1 Å². The van der Waals surface area contributed by atoms with E-state index in [1.54, 1.807) is 0 Å². The average Bonchev–Trinajstić information content (AvgIpc) is 2.83. The van der Waals surface area contributed by atoms with E-state index in [9.17, 15) is 9.59 Å². The Labute approximate surface area is 181 Å². The number of ether oxygens (including phenoxy) is 4. The van der Waals surface area contributed by atoms with Gasteiger partial charge in [-0.2, -0.15) is 0 Å². The van der Waals surface area contributed by atoms with Gasteiger partial charge in [-0.1, -0.05) is 60.7 Å². The Bertz CT molecular complexity index is 966. The average molecular weight is 420 g/mol. The number of ketones is 1. The van der Waals surface area contributed by atoms with E-state index in [1.807, 2.05) is 60.7 Å². The fraction of sp³-hybridized carbons (Fsp3) is 0.200. The fourth-order valence-electron chi connectivity index (χ4n) is 3.30. The SMILES string of the molecule is COc1cc(C(=O)COC(=O)C(c2ccccc2)c2ccccc2)cc(OC)c1OC. The Kier molecular flexibility index (Phi) is 7.27. The quantitative estimate of drug-likeness (QED) is 0.380.